The van der Waals surface area contributed by atoms with Gasteiger partial charge in [0.1, 0.15) is 5.82 Å². The number of carbonyl (C=O) groups is 3. The number of carbonyl (C=O) groups excluding carboxylic acids is 3. The van der Waals surface area contributed by atoms with Gasteiger partial charge in [-0.1, -0.05) is 36.4 Å². The van der Waals surface area contributed by atoms with E-state index in [2.05, 4.69) is 11.4 Å². The van der Waals surface area contributed by atoms with Gasteiger partial charge in [0, 0.05) is 17.3 Å². The Labute approximate surface area is 212 Å². The summed E-state index contributed by atoms with van der Waals surface area (Å²) in [5, 5.41) is 13.7. The standard InChI is InChI=1S/C29H24FN3O4/c1-28-12-13-29(37-28,14-23(34)32-16-17-6-9-19(30)10-7-17)25-24(28)26(35)33(27(25)36)22-11-8-18(15-31)20-4-2-3-5-21(20)22/h2-11,24-25H,12-14,16H2,1H3,(H,32,34). The molecule has 2 bridgehead atoms. The number of amides is 3. The Bertz CT molecular complexity index is 1510. The molecule has 3 aromatic carbocycles. The number of anilines is 1. The molecule has 0 radical (unpaired) electrons. The lowest BCUT2D eigenvalue weighted by Gasteiger charge is -2.30. The fourth-order valence-electron chi connectivity index (χ4n) is 6.46. The van der Waals surface area contributed by atoms with Crippen molar-refractivity contribution < 1.29 is 23.5 Å². The number of halogens is 1. The molecule has 1 N–H and O–H groups in total. The Kier molecular flexibility index (Phi) is 5.18. The summed E-state index contributed by atoms with van der Waals surface area (Å²) >= 11 is 0. The van der Waals surface area contributed by atoms with E-state index in [1.54, 1.807) is 42.5 Å². The van der Waals surface area contributed by atoms with E-state index in [0.29, 0.717) is 34.9 Å². The Balaban J connectivity index is 1.31. The summed E-state index contributed by atoms with van der Waals surface area (Å²) in [4.78, 5) is 41.9. The molecular formula is C29H24FN3O4. The number of imide groups is 1. The van der Waals surface area contributed by atoms with E-state index in [1.807, 2.05) is 13.0 Å². The molecule has 4 atom stereocenters. The van der Waals surface area contributed by atoms with Crippen LogP contribution in [0.25, 0.3) is 10.8 Å². The second-order valence-corrected chi connectivity index (χ2v) is 10.3. The van der Waals surface area contributed by atoms with E-state index in [1.165, 1.54) is 17.0 Å². The maximum Gasteiger partial charge on any atom is 0.240 e. The first-order valence-electron chi connectivity index (χ1n) is 12.3. The first kappa shape index (κ1) is 23.3. The molecule has 0 aliphatic carbocycles. The molecule has 0 spiro atoms. The lowest BCUT2D eigenvalue weighted by Crippen LogP contribution is -2.45. The Morgan fingerprint density at radius 2 is 1.76 bits per heavy atom. The van der Waals surface area contributed by atoms with Gasteiger partial charge < -0.3 is 10.1 Å². The number of nitrogens with zero attached hydrogens (tertiary/aromatic N) is 2. The maximum atomic E-state index is 13.9. The fourth-order valence-corrected chi connectivity index (χ4v) is 6.46. The highest BCUT2D eigenvalue weighted by atomic mass is 19.1. The lowest BCUT2D eigenvalue weighted by atomic mass is 9.67. The normalized spacial score (nSPS) is 28.0. The molecule has 3 aliphatic heterocycles. The first-order chi connectivity index (χ1) is 17.8. The third kappa shape index (κ3) is 3.45. The van der Waals surface area contributed by atoms with Gasteiger partial charge in [0.05, 0.1) is 46.8 Å². The van der Waals surface area contributed by atoms with Gasteiger partial charge in [-0.2, -0.15) is 5.26 Å². The monoisotopic (exact) mass is 497 g/mol. The van der Waals surface area contributed by atoms with Crippen molar-refractivity contribution in [3.8, 4) is 6.07 Å². The van der Waals surface area contributed by atoms with Crippen LogP contribution in [-0.4, -0.2) is 28.9 Å². The molecule has 3 fully saturated rings. The number of benzene rings is 3. The van der Waals surface area contributed by atoms with Crippen molar-refractivity contribution in [2.45, 2.75) is 43.9 Å². The minimum Gasteiger partial charge on any atom is -0.367 e. The quantitative estimate of drug-likeness (QED) is 0.538. The van der Waals surface area contributed by atoms with E-state index in [9.17, 15) is 24.0 Å². The second kappa shape index (κ2) is 8.22. The Hall–Kier alpha value is -4.09. The molecule has 8 heteroatoms. The van der Waals surface area contributed by atoms with Crippen molar-refractivity contribution >= 4 is 34.2 Å². The summed E-state index contributed by atoms with van der Waals surface area (Å²) in [5.74, 6) is -2.82. The van der Waals surface area contributed by atoms with Crippen LogP contribution in [0.2, 0.25) is 0 Å². The number of rotatable bonds is 5. The van der Waals surface area contributed by atoms with Crippen LogP contribution in [0.3, 0.4) is 0 Å². The van der Waals surface area contributed by atoms with Crippen molar-refractivity contribution in [2.75, 3.05) is 4.90 Å². The molecule has 0 aromatic heterocycles. The van der Waals surface area contributed by atoms with Crippen LogP contribution in [0.1, 0.15) is 37.3 Å². The molecule has 3 saturated heterocycles. The minimum absolute atomic E-state index is 0.0497. The van der Waals surface area contributed by atoms with Crippen LogP contribution in [0, 0.1) is 29.0 Å². The molecule has 37 heavy (non-hydrogen) atoms. The molecule has 6 rings (SSSR count). The number of ether oxygens (including phenoxy) is 1. The molecule has 7 nitrogen and oxygen atoms in total. The summed E-state index contributed by atoms with van der Waals surface area (Å²) in [6.07, 6.45) is 1.02. The van der Waals surface area contributed by atoms with Gasteiger partial charge in [0.2, 0.25) is 17.7 Å². The predicted octanol–water partition coefficient (Wildman–Crippen LogP) is 3.98. The van der Waals surface area contributed by atoms with Crippen molar-refractivity contribution in [3.05, 3.63) is 77.6 Å². The summed E-state index contributed by atoms with van der Waals surface area (Å²) in [5.41, 5.74) is -0.261. The van der Waals surface area contributed by atoms with E-state index in [0.717, 1.165) is 5.56 Å². The molecule has 3 amide bonds. The van der Waals surface area contributed by atoms with E-state index in [4.69, 9.17) is 4.74 Å². The highest BCUT2D eigenvalue weighted by Gasteiger charge is 2.74. The van der Waals surface area contributed by atoms with E-state index in [-0.39, 0.29) is 36.5 Å². The highest BCUT2D eigenvalue weighted by Crippen LogP contribution is 2.62. The smallest absolute Gasteiger partial charge is 0.240 e. The average molecular weight is 498 g/mol. The molecule has 186 valence electrons. The number of fused-ring (bicyclic) bond motifs is 6. The minimum atomic E-state index is -1.07. The van der Waals surface area contributed by atoms with E-state index >= 15 is 0 Å². The molecule has 3 aliphatic rings. The third-order valence-electron chi connectivity index (χ3n) is 8.14. The lowest BCUT2D eigenvalue weighted by molar-refractivity contribution is -0.135. The zero-order valence-corrected chi connectivity index (χ0v) is 20.2. The van der Waals surface area contributed by atoms with Crippen molar-refractivity contribution in [3.63, 3.8) is 0 Å². The molecule has 0 saturated carbocycles. The zero-order chi connectivity index (χ0) is 25.9. The summed E-state index contributed by atoms with van der Waals surface area (Å²) in [7, 11) is 0. The zero-order valence-electron chi connectivity index (χ0n) is 20.2. The third-order valence-corrected chi connectivity index (χ3v) is 8.14. The summed E-state index contributed by atoms with van der Waals surface area (Å²) in [6, 6.07) is 18.5. The SMILES string of the molecule is CC12CCC(CC(=O)NCc3ccc(F)cc3)(O1)C1C(=O)N(c3ccc(C#N)c4ccccc34)C(=O)C12. The average Bonchev–Trinajstić information content (AvgIpc) is 3.47. The van der Waals surface area contributed by atoms with E-state index < -0.39 is 23.0 Å². The highest BCUT2D eigenvalue weighted by molar-refractivity contribution is 6.26. The van der Waals surface area contributed by atoms with Crippen molar-refractivity contribution in [1.82, 2.24) is 5.32 Å². The number of hydrogen-bond acceptors (Lipinski definition) is 5. The van der Waals surface area contributed by atoms with Crippen LogP contribution in [0.5, 0.6) is 0 Å². The van der Waals surface area contributed by atoms with Crippen molar-refractivity contribution in [2.24, 2.45) is 11.8 Å². The van der Waals surface area contributed by atoms with Gasteiger partial charge in [-0.05, 0) is 49.6 Å². The Morgan fingerprint density at radius 3 is 2.49 bits per heavy atom. The summed E-state index contributed by atoms with van der Waals surface area (Å²) in [6.45, 7) is 2.07. The van der Waals surface area contributed by atoms with Crippen LogP contribution < -0.4 is 10.2 Å². The molecular weight excluding hydrogens is 473 g/mol. The Morgan fingerprint density at radius 1 is 1.05 bits per heavy atom. The number of nitriles is 1. The first-order valence-corrected chi connectivity index (χ1v) is 12.3. The predicted molar refractivity (Wildman–Crippen MR) is 132 cm³/mol. The molecule has 3 heterocycles. The maximum absolute atomic E-state index is 13.9. The van der Waals surface area contributed by atoms with Crippen LogP contribution in [0.15, 0.2) is 60.7 Å². The van der Waals surface area contributed by atoms with Gasteiger partial charge in [0.25, 0.3) is 0 Å². The van der Waals surface area contributed by atoms with Crippen LogP contribution >= 0.6 is 0 Å². The van der Waals surface area contributed by atoms with Crippen LogP contribution in [0.4, 0.5) is 10.1 Å². The molecule has 3 aromatic rings. The van der Waals surface area contributed by atoms with Gasteiger partial charge in [0.15, 0.2) is 0 Å². The van der Waals surface area contributed by atoms with Gasteiger partial charge in [-0.15, -0.1) is 0 Å². The largest absolute Gasteiger partial charge is 0.367 e. The van der Waals surface area contributed by atoms with Crippen molar-refractivity contribution in [1.29, 1.82) is 5.26 Å². The number of hydrogen-bond donors (Lipinski definition) is 1. The van der Waals surface area contributed by atoms with Crippen LogP contribution in [-0.2, 0) is 25.7 Å². The fraction of sp³-hybridized carbons (Fsp3) is 0.310. The summed E-state index contributed by atoms with van der Waals surface area (Å²) < 4.78 is 19.6. The topological polar surface area (TPSA) is 99.5 Å². The van der Waals surface area contributed by atoms with Gasteiger partial charge >= 0.3 is 0 Å². The second-order valence-electron chi connectivity index (χ2n) is 10.3. The number of nitrogens with one attached hydrogen (secondary N) is 1. The molecule has 4 unspecified atom stereocenters. The van der Waals surface area contributed by atoms with Gasteiger partial charge in [-0.3, -0.25) is 14.4 Å². The van der Waals surface area contributed by atoms with Gasteiger partial charge in [-0.25, -0.2) is 9.29 Å².